The van der Waals surface area contributed by atoms with Crippen LogP contribution in [0.5, 0.6) is 0 Å². The predicted molar refractivity (Wildman–Crippen MR) is 131 cm³/mol. The molecule has 5 rings (SSSR count). The van der Waals surface area contributed by atoms with Gasteiger partial charge in [-0.05, 0) is 19.1 Å². The molecular formula is C24H26N6OS. The largest absolute Gasteiger partial charge is 0.314 e. The summed E-state index contributed by atoms with van der Waals surface area (Å²) < 4.78 is 2.60. The molecule has 8 heteroatoms. The molecule has 2 aromatic heterocycles. The van der Waals surface area contributed by atoms with Crippen molar-refractivity contribution >= 4 is 27.3 Å². The number of hydrogen-bond donors (Lipinski definition) is 2. The lowest BCUT2D eigenvalue weighted by atomic mass is 10.1. The molecule has 1 fully saturated rings. The Hall–Kier alpha value is -3.07. The van der Waals surface area contributed by atoms with E-state index in [1.165, 1.54) is 11.3 Å². The number of hydrogen-bond acceptors (Lipinski definition) is 6. The molecule has 32 heavy (non-hydrogen) atoms. The van der Waals surface area contributed by atoms with Crippen LogP contribution in [-0.2, 0) is 0 Å². The topological polar surface area (TPSA) is 78.3 Å². The lowest BCUT2D eigenvalue weighted by Gasteiger charge is -2.26. The van der Waals surface area contributed by atoms with Gasteiger partial charge in [-0.25, -0.2) is 4.98 Å². The second-order valence-corrected chi connectivity index (χ2v) is 8.90. The van der Waals surface area contributed by atoms with Crippen molar-refractivity contribution in [2.45, 2.75) is 6.92 Å². The number of H-pyrrole nitrogens is 1. The Labute approximate surface area is 190 Å². The average Bonchev–Trinajstić information content (AvgIpc) is 3.41. The number of para-hydroxylation sites is 1. The van der Waals surface area contributed by atoms with Crippen LogP contribution in [0.3, 0.4) is 0 Å². The zero-order valence-corrected chi connectivity index (χ0v) is 18.9. The Balaban J connectivity index is 1.52. The fraction of sp³-hybridized carbons (Fsp3) is 0.292. The van der Waals surface area contributed by atoms with Gasteiger partial charge in [0.1, 0.15) is 0 Å². The van der Waals surface area contributed by atoms with Gasteiger partial charge in [0, 0.05) is 44.0 Å². The van der Waals surface area contributed by atoms with Crippen LogP contribution >= 0.6 is 11.3 Å². The van der Waals surface area contributed by atoms with Crippen molar-refractivity contribution in [1.82, 2.24) is 25.0 Å². The molecule has 0 bridgehead atoms. The van der Waals surface area contributed by atoms with Gasteiger partial charge in [0.2, 0.25) is 5.13 Å². The number of aromatic amines is 1. The Bertz CT molecular complexity index is 1260. The van der Waals surface area contributed by atoms with E-state index in [9.17, 15) is 4.79 Å². The van der Waals surface area contributed by atoms with Crippen LogP contribution in [0.2, 0.25) is 0 Å². The highest BCUT2D eigenvalue weighted by Crippen LogP contribution is 2.26. The van der Waals surface area contributed by atoms with Gasteiger partial charge in [0.15, 0.2) is 0 Å². The maximum atomic E-state index is 13.5. The normalized spacial score (nSPS) is 15.5. The lowest BCUT2D eigenvalue weighted by Crippen LogP contribution is -2.44. The van der Waals surface area contributed by atoms with Gasteiger partial charge in [0.05, 0.1) is 28.0 Å². The van der Waals surface area contributed by atoms with E-state index < -0.39 is 0 Å². The van der Waals surface area contributed by atoms with Gasteiger partial charge in [-0.2, -0.15) is 4.68 Å². The van der Waals surface area contributed by atoms with Crippen molar-refractivity contribution < 1.29 is 0 Å². The van der Waals surface area contributed by atoms with Crippen LogP contribution in [0.15, 0.2) is 64.4 Å². The molecule has 4 aromatic rings. The monoisotopic (exact) mass is 446 g/mol. The fourth-order valence-corrected chi connectivity index (χ4v) is 4.98. The summed E-state index contributed by atoms with van der Waals surface area (Å²) in [6.45, 7) is 7.62. The Kier molecular flexibility index (Phi) is 5.98. The summed E-state index contributed by atoms with van der Waals surface area (Å²) in [6, 6.07) is 17.9. The lowest BCUT2D eigenvalue weighted by molar-refractivity contribution is 0.247. The summed E-state index contributed by atoms with van der Waals surface area (Å²) in [5, 5.41) is 7.32. The number of rotatable bonds is 6. The van der Waals surface area contributed by atoms with Gasteiger partial charge in [-0.3, -0.25) is 19.8 Å². The van der Waals surface area contributed by atoms with E-state index in [1.807, 2.05) is 61.5 Å². The minimum Gasteiger partial charge on any atom is -0.314 e. The summed E-state index contributed by atoms with van der Waals surface area (Å²) >= 11 is 1.50. The number of nitrogens with zero attached hydrogens (tertiary/aromatic N) is 4. The number of aromatic nitrogens is 3. The zero-order valence-electron chi connectivity index (χ0n) is 18.0. The van der Waals surface area contributed by atoms with Crippen molar-refractivity contribution in [3.63, 3.8) is 0 Å². The molecule has 1 aliphatic heterocycles. The van der Waals surface area contributed by atoms with E-state index in [2.05, 4.69) is 20.3 Å². The third-order valence-corrected chi connectivity index (χ3v) is 6.79. The van der Waals surface area contributed by atoms with Crippen molar-refractivity contribution in [2.24, 2.45) is 4.99 Å². The van der Waals surface area contributed by atoms with E-state index >= 15 is 0 Å². The predicted octanol–water partition coefficient (Wildman–Crippen LogP) is 3.16. The first-order chi connectivity index (χ1) is 15.7. The Morgan fingerprint density at radius 3 is 2.62 bits per heavy atom. The molecule has 0 radical (unpaired) electrons. The summed E-state index contributed by atoms with van der Waals surface area (Å²) in [5.41, 5.74) is 3.86. The van der Waals surface area contributed by atoms with E-state index in [-0.39, 0.29) is 5.56 Å². The smallest absolute Gasteiger partial charge is 0.283 e. The van der Waals surface area contributed by atoms with Crippen molar-refractivity contribution in [1.29, 1.82) is 0 Å². The summed E-state index contributed by atoms with van der Waals surface area (Å²) in [4.78, 5) is 25.4. The molecule has 0 aliphatic carbocycles. The Morgan fingerprint density at radius 1 is 1.09 bits per heavy atom. The van der Waals surface area contributed by atoms with E-state index in [1.54, 1.807) is 4.68 Å². The number of aliphatic imine (C=N–C) groups is 1. The number of thiazole rings is 1. The standard InChI is InChI=1S/C24H26N6OS/c1-17(26-13-16-29-14-11-25-12-15-29)21-22(18-7-3-2-4-8-18)28-30(23(21)31)24-27-19-9-5-6-10-20(19)32-24/h2-10,25,28H,11-16H2,1H3. The van der Waals surface area contributed by atoms with E-state index in [0.29, 0.717) is 17.2 Å². The second kappa shape index (κ2) is 9.20. The SMILES string of the molecule is CC(=NCCN1CCNCC1)c1c(-c2ccccc2)[nH]n(-c2nc3ccccc3s2)c1=O. The van der Waals surface area contributed by atoms with Crippen LogP contribution in [0.25, 0.3) is 26.6 Å². The zero-order chi connectivity index (χ0) is 21.9. The van der Waals surface area contributed by atoms with Crippen molar-refractivity contribution in [3.8, 4) is 16.4 Å². The molecule has 0 amide bonds. The minimum atomic E-state index is -0.119. The van der Waals surface area contributed by atoms with E-state index in [0.717, 1.165) is 59.9 Å². The van der Waals surface area contributed by atoms with Crippen LogP contribution in [-0.4, -0.2) is 64.6 Å². The number of nitrogens with one attached hydrogen (secondary N) is 2. The highest BCUT2D eigenvalue weighted by molar-refractivity contribution is 7.20. The number of benzene rings is 2. The summed E-state index contributed by atoms with van der Waals surface area (Å²) in [6.07, 6.45) is 0. The molecule has 7 nitrogen and oxygen atoms in total. The van der Waals surface area contributed by atoms with Crippen molar-refractivity contribution in [3.05, 3.63) is 70.5 Å². The minimum absolute atomic E-state index is 0.119. The molecule has 2 aromatic carbocycles. The molecule has 164 valence electrons. The van der Waals surface area contributed by atoms with Gasteiger partial charge >= 0.3 is 0 Å². The fourth-order valence-electron chi connectivity index (χ4n) is 4.05. The maximum absolute atomic E-state index is 13.5. The van der Waals surface area contributed by atoms with Gasteiger partial charge < -0.3 is 5.32 Å². The van der Waals surface area contributed by atoms with Gasteiger partial charge in [-0.1, -0.05) is 53.8 Å². The quantitative estimate of drug-likeness (QED) is 0.446. The molecule has 1 saturated heterocycles. The van der Waals surface area contributed by atoms with Gasteiger partial charge in [0.25, 0.3) is 5.56 Å². The first-order valence-electron chi connectivity index (χ1n) is 10.9. The van der Waals surface area contributed by atoms with E-state index in [4.69, 9.17) is 4.99 Å². The molecule has 0 spiro atoms. The van der Waals surface area contributed by atoms with Crippen molar-refractivity contribution in [2.75, 3.05) is 39.3 Å². The highest BCUT2D eigenvalue weighted by Gasteiger charge is 2.21. The molecule has 0 saturated carbocycles. The molecule has 0 unspecified atom stereocenters. The highest BCUT2D eigenvalue weighted by atomic mass is 32.1. The van der Waals surface area contributed by atoms with Crippen LogP contribution in [0.4, 0.5) is 0 Å². The summed E-state index contributed by atoms with van der Waals surface area (Å²) in [7, 11) is 0. The third-order valence-electron chi connectivity index (χ3n) is 5.76. The molecule has 3 heterocycles. The summed E-state index contributed by atoms with van der Waals surface area (Å²) in [5.74, 6) is 0. The number of fused-ring (bicyclic) bond motifs is 1. The molecule has 1 aliphatic rings. The number of piperazine rings is 1. The first kappa shape index (κ1) is 20.8. The third kappa shape index (κ3) is 4.17. The molecular weight excluding hydrogens is 420 g/mol. The van der Waals surface area contributed by atoms with Gasteiger partial charge in [-0.15, -0.1) is 0 Å². The molecule has 2 N–H and O–H groups in total. The van der Waals surface area contributed by atoms with Crippen LogP contribution in [0, 0.1) is 0 Å². The first-order valence-corrected chi connectivity index (χ1v) is 11.7. The van der Waals surface area contributed by atoms with Crippen LogP contribution < -0.4 is 10.9 Å². The Morgan fingerprint density at radius 2 is 1.84 bits per heavy atom. The average molecular weight is 447 g/mol. The maximum Gasteiger partial charge on any atom is 0.283 e. The van der Waals surface area contributed by atoms with Crippen LogP contribution in [0.1, 0.15) is 12.5 Å². The second-order valence-electron chi connectivity index (χ2n) is 7.89. The molecule has 0 atom stereocenters.